The number of nitrogens with zero attached hydrogens (tertiary/aromatic N) is 1. The number of hydrogen-bond acceptors (Lipinski definition) is 2. The summed E-state index contributed by atoms with van der Waals surface area (Å²) in [6, 6.07) is 16.5. The Kier molecular flexibility index (Phi) is 2.61. The topological polar surface area (TPSA) is 28.7 Å². The number of rotatable bonds is 2. The van der Waals surface area contributed by atoms with E-state index in [1.807, 2.05) is 24.3 Å². The first-order valence-electron chi connectivity index (χ1n) is 5.46. The summed E-state index contributed by atoms with van der Waals surface area (Å²) >= 11 is 1.74. The number of para-hydroxylation sites is 2. The van der Waals surface area contributed by atoms with Gasteiger partial charge in [0, 0.05) is 10.5 Å². The highest BCUT2D eigenvalue weighted by atomic mass is 32.2. The van der Waals surface area contributed by atoms with E-state index in [1.54, 1.807) is 11.8 Å². The zero-order valence-corrected chi connectivity index (χ0v) is 10.3. The van der Waals surface area contributed by atoms with Crippen LogP contribution in [0, 0.1) is 0 Å². The molecule has 1 aromatic heterocycles. The molecule has 0 aliphatic heterocycles. The van der Waals surface area contributed by atoms with Gasteiger partial charge in [0.25, 0.3) is 0 Å². The average Bonchev–Trinajstić information content (AvgIpc) is 2.82. The highest BCUT2D eigenvalue weighted by molar-refractivity contribution is 7.98. The molecule has 84 valence electrons. The minimum absolute atomic E-state index is 0.933. The number of H-pyrrole nitrogens is 1. The zero-order valence-electron chi connectivity index (χ0n) is 9.47. The van der Waals surface area contributed by atoms with Crippen LogP contribution in [0.1, 0.15) is 0 Å². The van der Waals surface area contributed by atoms with E-state index in [4.69, 9.17) is 0 Å². The number of imidazole rings is 1. The molecule has 0 fully saturated rings. The second-order valence-electron chi connectivity index (χ2n) is 3.83. The van der Waals surface area contributed by atoms with Crippen LogP contribution in [-0.2, 0) is 0 Å². The molecule has 1 N–H and O–H groups in total. The second-order valence-corrected chi connectivity index (χ2v) is 4.71. The zero-order chi connectivity index (χ0) is 11.7. The van der Waals surface area contributed by atoms with Gasteiger partial charge in [0.2, 0.25) is 0 Å². The number of nitrogens with one attached hydrogen (secondary N) is 1. The summed E-state index contributed by atoms with van der Waals surface area (Å²) in [6.07, 6.45) is 2.08. The molecule has 0 radical (unpaired) electrons. The fraction of sp³-hybridized carbons (Fsp3) is 0.0714. The Bertz CT molecular complexity index is 625. The van der Waals surface area contributed by atoms with E-state index in [0.717, 1.165) is 22.4 Å². The lowest BCUT2D eigenvalue weighted by atomic mass is 10.2. The highest BCUT2D eigenvalue weighted by Gasteiger charge is 2.04. The van der Waals surface area contributed by atoms with Crippen molar-refractivity contribution >= 4 is 22.8 Å². The number of benzene rings is 2. The van der Waals surface area contributed by atoms with Gasteiger partial charge >= 0.3 is 0 Å². The third kappa shape index (κ3) is 1.94. The van der Waals surface area contributed by atoms with Crippen molar-refractivity contribution in [1.82, 2.24) is 9.97 Å². The maximum absolute atomic E-state index is 4.59. The van der Waals surface area contributed by atoms with E-state index >= 15 is 0 Å². The Morgan fingerprint density at radius 2 is 1.94 bits per heavy atom. The lowest BCUT2D eigenvalue weighted by Gasteiger charge is -1.99. The molecule has 1 heterocycles. The van der Waals surface area contributed by atoms with Crippen LogP contribution in [0.15, 0.2) is 53.4 Å². The van der Waals surface area contributed by atoms with Gasteiger partial charge in [-0.25, -0.2) is 4.98 Å². The van der Waals surface area contributed by atoms with Gasteiger partial charge in [-0.3, -0.25) is 0 Å². The predicted octanol–water partition coefficient (Wildman–Crippen LogP) is 3.95. The predicted molar refractivity (Wildman–Crippen MR) is 73.3 cm³/mol. The molecule has 0 aliphatic rings. The maximum Gasteiger partial charge on any atom is 0.138 e. The van der Waals surface area contributed by atoms with E-state index in [1.165, 1.54) is 4.90 Å². The fourth-order valence-corrected chi connectivity index (χ4v) is 2.32. The molecule has 3 rings (SSSR count). The third-order valence-electron chi connectivity index (χ3n) is 2.73. The van der Waals surface area contributed by atoms with E-state index in [9.17, 15) is 0 Å². The monoisotopic (exact) mass is 240 g/mol. The van der Waals surface area contributed by atoms with E-state index in [2.05, 4.69) is 40.5 Å². The van der Waals surface area contributed by atoms with Crippen molar-refractivity contribution in [3.8, 4) is 11.4 Å². The van der Waals surface area contributed by atoms with Crippen LogP contribution in [0.4, 0.5) is 0 Å². The molecule has 3 aromatic rings. The van der Waals surface area contributed by atoms with Crippen molar-refractivity contribution in [2.75, 3.05) is 6.26 Å². The Labute approximate surface area is 104 Å². The fourth-order valence-electron chi connectivity index (χ4n) is 1.86. The van der Waals surface area contributed by atoms with E-state index < -0.39 is 0 Å². The van der Waals surface area contributed by atoms with Crippen molar-refractivity contribution in [3.63, 3.8) is 0 Å². The van der Waals surface area contributed by atoms with Gasteiger partial charge in [-0.1, -0.05) is 24.3 Å². The number of hydrogen-bond donors (Lipinski definition) is 1. The van der Waals surface area contributed by atoms with Gasteiger partial charge in [-0.05, 0) is 30.5 Å². The van der Waals surface area contributed by atoms with Crippen LogP contribution in [0.25, 0.3) is 22.4 Å². The first-order chi connectivity index (χ1) is 8.36. The van der Waals surface area contributed by atoms with Crippen LogP contribution < -0.4 is 0 Å². The van der Waals surface area contributed by atoms with Crippen molar-refractivity contribution in [3.05, 3.63) is 48.5 Å². The third-order valence-corrected chi connectivity index (χ3v) is 3.46. The second kappa shape index (κ2) is 4.26. The number of thioether (sulfide) groups is 1. The van der Waals surface area contributed by atoms with Crippen LogP contribution in [0.5, 0.6) is 0 Å². The molecule has 0 aliphatic carbocycles. The molecule has 2 aromatic carbocycles. The minimum atomic E-state index is 0.933. The summed E-state index contributed by atoms with van der Waals surface area (Å²) in [7, 11) is 0. The first kappa shape index (κ1) is 10.4. The summed E-state index contributed by atoms with van der Waals surface area (Å²) in [5.74, 6) is 0.933. The Balaban J connectivity index is 2.13. The summed E-state index contributed by atoms with van der Waals surface area (Å²) in [6.45, 7) is 0. The van der Waals surface area contributed by atoms with E-state index in [0.29, 0.717) is 0 Å². The SMILES string of the molecule is CSc1cccc(-c2nc3ccccc3[nH]2)c1. The Hall–Kier alpha value is -1.74. The van der Waals surface area contributed by atoms with Gasteiger partial charge in [0.1, 0.15) is 5.82 Å². The Morgan fingerprint density at radius 1 is 1.06 bits per heavy atom. The molecule has 0 saturated carbocycles. The number of aromatic amines is 1. The van der Waals surface area contributed by atoms with Crippen molar-refractivity contribution < 1.29 is 0 Å². The van der Waals surface area contributed by atoms with Crippen LogP contribution >= 0.6 is 11.8 Å². The molecule has 3 heteroatoms. The summed E-state index contributed by atoms with van der Waals surface area (Å²) in [5, 5.41) is 0. The van der Waals surface area contributed by atoms with E-state index in [-0.39, 0.29) is 0 Å². The molecular weight excluding hydrogens is 228 g/mol. The maximum atomic E-state index is 4.59. The molecule has 0 amide bonds. The van der Waals surface area contributed by atoms with Crippen molar-refractivity contribution in [2.45, 2.75) is 4.90 Å². The molecule has 0 spiro atoms. The lowest BCUT2D eigenvalue weighted by Crippen LogP contribution is -1.80. The molecule has 0 atom stereocenters. The lowest BCUT2D eigenvalue weighted by molar-refractivity contribution is 1.32. The smallest absolute Gasteiger partial charge is 0.138 e. The number of aromatic nitrogens is 2. The first-order valence-corrected chi connectivity index (χ1v) is 6.68. The molecule has 0 bridgehead atoms. The quantitative estimate of drug-likeness (QED) is 0.687. The summed E-state index contributed by atoms with van der Waals surface area (Å²) in [4.78, 5) is 9.19. The minimum Gasteiger partial charge on any atom is -0.338 e. The normalized spacial score (nSPS) is 10.9. The Morgan fingerprint density at radius 3 is 2.76 bits per heavy atom. The molecule has 17 heavy (non-hydrogen) atoms. The van der Waals surface area contributed by atoms with Gasteiger partial charge in [-0.15, -0.1) is 11.8 Å². The van der Waals surface area contributed by atoms with Crippen LogP contribution in [0.3, 0.4) is 0 Å². The summed E-state index contributed by atoms with van der Waals surface area (Å²) in [5.41, 5.74) is 3.22. The van der Waals surface area contributed by atoms with Crippen molar-refractivity contribution in [2.24, 2.45) is 0 Å². The van der Waals surface area contributed by atoms with Gasteiger partial charge in [0.15, 0.2) is 0 Å². The summed E-state index contributed by atoms with van der Waals surface area (Å²) < 4.78 is 0. The molecule has 2 nitrogen and oxygen atoms in total. The largest absolute Gasteiger partial charge is 0.338 e. The average molecular weight is 240 g/mol. The van der Waals surface area contributed by atoms with Crippen LogP contribution in [-0.4, -0.2) is 16.2 Å². The molecule has 0 saturated heterocycles. The standard InChI is InChI=1S/C14H12N2S/c1-17-11-6-4-5-10(9-11)14-15-12-7-2-3-8-13(12)16-14/h2-9H,1H3,(H,15,16). The van der Waals surface area contributed by atoms with Crippen LogP contribution in [0.2, 0.25) is 0 Å². The van der Waals surface area contributed by atoms with Crippen molar-refractivity contribution in [1.29, 1.82) is 0 Å². The van der Waals surface area contributed by atoms with Gasteiger partial charge in [-0.2, -0.15) is 0 Å². The molecular formula is C14H12N2S. The number of fused-ring (bicyclic) bond motifs is 1. The highest BCUT2D eigenvalue weighted by Crippen LogP contribution is 2.24. The van der Waals surface area contributed by atoms with Gasteiger partial charge in [0.05, 0.1) is 11.0 Å². The molecule has 0 unspecified atom stereocenters. The van der Waals surface area contributed by atoms with Gasteiger partial charge < -0.3 is 4.98 Å².